The zero-order valence-electron chi connectivity index (χ0n) is 26.9. The van der Waals surface area contributed by atoms with Crippen LogP contribution in [0.1, 0.15) is 11.1 Å². The van der Waals surface area contributed by atoms with E-state index in [0.717, 1.165) is 12.1 Å². The van der Waals surface area contributed by atoms with Crippen LogP contribution >= 0.6 is 0 Å². The summed E-state index contributed by atoms with van der Waals surface area (Å²) < 4.78 is 111. The number of benzene rings is 6. The number of aromatic hydroxyl groups is 2. The summed E-state index contributed by atoms with van der Waals surface area (Å²) in [5, 5.41) is 36.8. The molecular weight excluding hydrogens is 742 g/mol. The van der Waals surface area contributed by atoms with Crippen molar-refractivity contribution in [3.05, 3.63) is 96.1 Å². The van der Waals surface area contributed by atoms with Crippen LogP contribution in [0.5, 0.6) is 11.5 Å². The molecule has 0 amide bonds. The lowest BCUT2D eigenvalue weighted by atomic mass is 9.99. The fourth-order valence-electron chi connectivity index (χ4n) is 5.72. The Morgan fingerprint density at radius 1 is 0.585 bits per heavy atom. The molecule has 0 radical (unpaired) electrons. The second-order valence-corrected chi connectivity index (χ2v) is 14.3. The van der Waals surface area contributed by atoms with Crippen LogP contribution in [-0.4, -0.2) is 36.2 Å². The lowest BCUT2D eigenvalue weighted by Gasteiger charge is -2.14. The number of hydrogen-bond donors (Lipinski definition) is 6. The van der Waals surface area contributed by atoms with E-state index in [9.17, 15) is 49.3 Å². The minimum Gasteiger partial charge on any atom is -0.504 e. The monoisotopic (exact) mass is 766 g/mol. The molecule has 0 heterocycles. The number of rotatable bonds is 7. The largest absolute Gasteiger partial charge is 0.504 e. The molecular formula is C34H25F3N6O8S2. The zero-order chi connectivity index (χ0) is 38.6. The van der Waals surface area contributed by atoms with Crippen LogP contribution in [0.15, 0.2) is 115 Å². The van der Waals surface area contributed by atoms with Gasteiger partial charge in [0.15, 0.2) is 22.9 Å². The maximum atomic E-state index is 14.3. The predicted octanol–water partition coefficient (Wildman–Crippen LogP) is 8.89. The molecule has 19 heteroatoms. The number of nitrogens with zero attached hydrogens (tertiary/aromatic N) is 4. The van der Waals surface area contributed by atoms with Crippen LogP contribution in [0.25, 0.3) is 32.7 Å². The molecule has 6 aromatic rings. The quantitative estimate of drug-likeness (QED) is 0.0511. The van der Waals surface area contributed by atoms with Crippen molar-refractivity contribution >= 4 is 75.9 Å². The maximum absolute atomic E-state index is 14.3. The lowest BCUT2D eigenvalue weighted by Crippen LogP contribution is -2.05. The normalized spacial score (nSPS) is 12.8. The van der Waals surface area contributed by atoms with Crippen molar-refractivity contribution in [2.24, 2.45) is 20.5 Å². The van der Waals surface area contributed by atoms with Gasteiger partial charge in [0.2, 0.25) is 0 Å². The number of azo groups is 2. The van der Waals surface area contributed by atoms with Crippen molar-refractivity contribution in [3.8, 4) is 22.6 Å². The average molecular weight is 767 g/mol. The number of aryl methyl sites for hydroxylation is 1. The molecule has 6 rings (SSSR count). The Morgan fingerprint density at radius 3 is 1.40 bits per heavy atom. The van der Waals surface area contributed by atoms with Crippen LogP contribution in [0.3, 0.4) is 0 Å². The van der Waals surface area contributed by atoms with E-state index in [-0.39, 0.29) is 44.2 Å². The summed E-state index contributed by atoms with van der Waals surface area (Å²) in [6, 6.07) is 18.8. The van der Waals surface area contributed by atoms with Crippen molar-refractivity contribution in [2.45, 2.75) is 22.9 Å². The van der Waals surface area contributed by atoms with E-state index in [4.69, 9.17) is 11.5 Å². The van der Waals surface area contributed by atoms with Gasteiger partial charge in [-0.05, 0) is 47.9 Å². The molecule has 0 aromatic heterocycles. The van der Waals surface area contributed by atoms with Gasteiger partial charge >= 0.3 is 6.18 Å². The Morgan fingerprint density at radius 2 is 0.981 bits per heavy atom. The lowest BCUT2D eigenvalue weighted by molar-refractivity contribution is -0.137. The topological polar surface area (TPSA) is 251 Å². The van der Waals surface area contributed by atoms with Crippen LogP contribution in [0, 0.1) is 6.92 Å². The van der Waals surface area contributed by atoms with Gasteiger partial charge in [-0.25, -0.2) is 0 Å². The van der Waals surface area contributed by atoms with E-state index in [1.807, 2.05) is 0 Å². The van der Waals surface area contributed by atoms with E-state index in [1.165, 1.54) is 66.7 Å². The van der Waals surface area contributed by atoms with Crippen LogP contribution < -0.4 is 11.5 Å². The Balaban J connectivity index is 1.38. The fraction of sp³-hybridized carbons (Fsp3) is 0.0588. The number of nitrogen functional groups attached to an aromatic ring is 2. The summed E-state index contributed by atoms with van der Waals surface area (Å²) >= 11 is 0. The molecule has 0 saturated carbocycles. The number of nitrogens with two attached hydrogens (primary N) is 2. The highest BCUT2D eigenvalue weighted by Crippen LogP contribution is 2.48. The van der Waals surface area contributed by atoms with Crippen molar-refractivity contribution < 1.29 is 49.3 Å². The molecule has 0 saturated heterocycles. The highest BCUT2D eigenvalue weighted by molar-refractivity contribution is 7.86. The van der Waals surface area contributed by atoms with Gasteiger partial charge in [0.05, 0.1) is 28.3 Å². The van der Waals surface area contributed by atoms with Gasteiger partial charge in [-0.15, -0.1) is 15.3 Å². The molecule has 272 valence electrons. The molecule has 0 fully saturated rings. The first-order valence-electron chi connectivity index (χ1n) is 15.0. The number of halogens is 3. The first-order chi connectivity index (χ1) is 24.8. The highest BCUT2D eigenvalue weighted by atomic mass is 32.2. The zero-order valence-corrected chi connectivity index (χ0v) is 28.5. The van der Waals surface area contributed by atoms with Gasteiger partial charge in [-0.3, -0.25) is 9.11 Å². The Bertz CT molecular complexity index is 2790. The molecule has 0 atom stereocenters. The molecule has 0 spiro atoms. The Labute approximate surface area is 298 Å². The fourth-order valence-corrected chi connectivity index (χ4v) is 7.32. The number of phenolic OH excluding ortho intramolecular Hbond substituents is 2. The van der Waals surface area contributed by atoms with Crippen LogP contribution in [-0.2, 0) is 26.4 Å². The van der Waals surface area contributed by atoms with E-state index < -0.39 is 70.3 Å². The predicted molar refractivity (Wildman–Crippen MR) is 190 cm³/mol. The van der Waals surface area contributed by atoms with Gasteiger partial charge in [-0.1, -0.05) is 60.7 Å². The third-order valence-electron chi connectivity index (χ3n) is 8.18. The van der Waals surface area contributed by atoms with Crippen molar-refractivity contribution in [2.75, 3.05) is 11.5 Å². The van der Waals surface area contributed by atoms with Crippen molar-refractivity contribution in [1.29, 1.82) is 0 Å². The molecule has 53 heavy (non-hydrogen) atoms. The number of phenols is 2. The molecule has 8 N–H and O–H groups in total. The molecule has 0 aliphatic rings. The molecule has 14 nitrogen and oxygen atoms in total. The Hall–Kier alpha value is -6.15. The average Bonchev–Trinajstić information content (AvgIpc) is 3.07. The molecule has 0 aliphatic carbocycles. The summed E-state index contributed by atoms with van der Waals surface area (Å²) in [5.41, 5.74) is 9.70. The van der Waals surface area contributed by atoms with E-state index in [1.54, 1.807) is 13.0 Å². The standard InChI is InChI=1S/C34H25F3N6O8S2/c1-16-14-17(10-12-24(16)40-42-28-26(38)19-6-2-4-8-21(19)32(30(28)44)52(46,47)48)18-11-13-25(23(15-18)34(35,36)37)41-43-29-27(39)20-7-3-5-9-22(20)33(31(29)45)53(49,50)51/h2-15,44-45H,38-39H2,1H3,(H,46,47,48)(H,49,50,51). The summed E-state index contributed by atoms with van der Waals surface area (Å²) in [6.45, 7) is 1.57. The van der Waals surface area contributed by atoms with E-state index in [0.29, 0.717) is 11.1 Å². The number of alkyl halides is 3. The van der Waals surface area contributed by atoms with Crippen LogP contribution in [0.4, 0.5) is 47.3 Å². The number of hydrogen-bond acceptors (Lipinski definition) is 12. The van der Waals surface area contributed by atoms with Gasteiger partial charge in [0.1, 0.15) is 9.79 Å². The minimum atomic E-state index is -5.04. The first-order valence-corrected chi connectivity index (χ1v) is 17.8. The highest BCUT2D eigenvalue weighted by Gasteiger charge is 2.34. The smallest absolute Gasteiger partial charge is 0.418 e. The van der Waals surface area contributed by atoms with Crippen molar-refractivity contribution in [1.82, 2.24) is 0 Å². The van der Waals surface area contributed by atoms with Crippen LogP contribution in [0.2, 0.25) is 0 Å². The Kier molecular flexibility index (Phi) is 9.07. The summed E-state index contributed by atoms with van der Waals surface area (Å²) in [7, 11) is -9.97. The minimum absolute atomic E-state index is 0.0389. The van der Waals surface area contributed by atoms with Gasteiger partial charge < -0.3 is 21.7 Å². The molecule has 0 bridgehead atoms. The summed E-state index contributed by atoms with van der Waals surface area (Å²) in [6.07, 6.45) is -4.97. The molecule has 0 unspecified atom stereocenters. The molecule has 0 aliphatic heterocycles. The SMILES string of the molecule is Cc1cc(-c2ccc(N=Nc3c(O)c(S(=O)(=O)O)c4ccccc4c3N)c(C(F)(F)F)c2)ccc1N=Nc1c(O)c(S(=O)(=O)O)c2ccccc2c1N. The third kappa shape index (κ3) is 6.80. The van der Waals surface area contributed by atoms with Crippen molar-refractivity contribution in [3.63, 3.8) is 0 Å². The number of anilines is 2. The first kappa shape index (κ1) is 36.6. The van der Waals surface area contributed by atoms with Gasteiger partial charge in [0.25, 0.3) is 20.2 Å². The van der Waals surface area contributed by atoms with Gasteiger partial charge in [-0.2, -0.15) is 35.1 Å². The summed E-state index contributed by atoms with van der Waals surface area (Å²) in [5.74, 6) is -2.04. The number of fused-ring (bicyclic) bond motifs is 2. The van der Waals surface area contributed by atoms with E-state index in [2.05, 4.69) is 20.5 Å². The van der Waals surface area contributed by atoms with E-state index >= 15 is 0 Å². The second-order valence-electron chi connectivity index (χ2n) is 11.6. The maximum Gasteiger partial charge on any atom is 0.418 e. The van der Waals surface area contributed by atoms with Gasteiger partial charge in [0, 0.05) is 21.5 Å². The third-order valence-corrected chi connectivity index (χ3v) is 10.0. The second kappa shape index (κ2) is 13.1. The summed E-state index contributed by atoms with van der Waals surface area (Å²) in [4.78, 5) is -1.76. The molecule has 6 aromatic carbocycles.